The van der Waals surface area contributed by atoms with Crippen LogP contribution >= 0.6 is 0 Å². The van der Waals surface area contributed by atoms with Gasteiger partial charge in [0.15, 0.2) is 0 Å². The molecular formula is C20H21N3O2S. The first-order chi connectivity index (χ1) is 12.5. The quantitative estimate of drug-likeness (QED) is 0.710. The van der Waals surface area contributed by atoms with Gasteiger partial charge in [0.25, 0.3) is 10.0 Å². The lowest BCUT2D eigenvalue weighted by molar-refractivity contribution is 0.583. The monoisotopic (exact) mass is 367 g/mol. The van der Waals surface area contributed by atoms with E-state index in [0.717, 1.165) is 23.2 Å². The largest absolute Gasteiger partial charge is 0.267 e. The van der Waals surface area contributed by atoms with Gasteiger partial charge in [0.1, 0.15) is 4.90 Å². The van der Waals surface area contributed by atoms with Crippen molar-refractivity contribution in [3.05, 3.63) is 77.6 Å². The van der Waals surface area contributed by atoms with Crippen molar-refractivity contribution in [2.45, 2.75) is 37.8 Å². The lowest BCUT2D eigenvalue weighted by Crippen LogP contribution is -2.35. The van der Waals surface area contributed by atoms with Gasteiger partial charge in [-0.3, -0.25) is 8.99 Å². The van der Waals surface area contributed by atoms with Crippen LogP contribution in [0.5, 0.6) is 0 Å². The average Bonchev–Trinajstić information content (AvgIpc) is 3.15. The second kappa shape index (κ2) is 6.29. The van der Waals surface area contributed by atoms with Gasteiger partial charge >= 0.3 is 0 Å². The third-order valence-corrected chi connectivity index (χ3v) is 6.80. The minimum atomic E-state index is -3.65. The number of para-hydroxylation sites is 1. The second-order valence-corrected chi connectivity index (χ2v) is 8.53. The summed E-state index contributed by atoms with van der Waals surface area (Å²) in [5, 5.41) is 4.44. The van der Waals surface area contributed by atoms with Crippen molar-refractivity contribution in [2.24, 2.45) is 0 Å². The number of fused-ring (bicyclic) bond motifs is 1. The molecule has 2 aromatic carbocycles. The summed E-state index contributed by atoms with van der Waals surface area (Å²) in [6, 6.07) is 17.5. The molecule has 1 aromatic heterocycles. The van der Waals surface area contributed by atoms with E-state index in [-0.39, 0.29) is 10.9 Å². The third kappa shape index (κ3) is 2.80. The minimum Gasteiger partial charge on any atom is -0.267 e. The Morgan fingerprint density at radius 2 is 1.77 bits per heavy atom. The Morgan fingerprint density at radius 3 is 2.54 bits per heavy atom. The Bertz CT molecular complexity index is 1040. The second-order valence-electron chi connectivity index (χ2n) is 6.74. The summed E-state index contributed by atoms with van der Waals surface area (Å²) in [6.07, 6.45) is 2.37. The van der Waals surface area contributed by atoms with E-state index in [0.29, 0.717) is 12.2 Å². The van der Waals surface area contributed by atoms with Gasteiger partial charge in [0.2, 0.25) is 0 Å². The summed E-state index contributed by atoms with van der Waals surface area (Å²) in [5.74, 6) is 0. The molecule has 1 atom stereocenters. The predicted octanol–water partition coefficient (Wildman–Crippen LogP) is 3.38. The first-order valence-corrected chi connectivity index (χ1v) is 10.1. The smallest absolute Gasteiger partial charge is 0.267 e. The van der Waals surface area contributed by atoms with E-state index in [1.807, 2.05) is 61.5 Å². The predicted molar refractivity (Wildman–Crippen MR) is 102 cm³/mol. The lowest BCUT2D eigenvalue weighted by Gasteiger charge is -2.24. The van der Waals surface area contributed by atoms with Gasteiger partial charge in [-0.25, -0.2) is 8.42 Å². The fourth-order valence-corrected chi connectivity index (χ4v) is 5.48. The maximum absolute atomic E-state index is 13.4. The van der Waals surface area contributed by atoms with E-state index in [4.69, 9.17) is 0 Å². The molecule has 0 bridgehead atoms. The number of rotatable bonds is 4. The van der Waals surface area contributed by atoms with E-state index >= 15 is 0 Å². The molecule has 5 nitrogen and oxygen atoms in total. The molecule has 6 heteroatoms. The van der Waals surface area contributed by atoms with Crippen LogP contribution in [0.4, 0.5) is 5.69 Å². The Kier molecular flexibility index (Phi) is 4.07. The molecule has 134 valence electrons. The number of hydrogen-bond acceptors (Lipinski definition) is 3. The van der Waals surface area contributed by atoms with Crippen molar-refractivity contribution >= 4 is 15.7 Å². The lowest BCUT2D eigenvalue weighted by atomic mass is 10.1. The summed E-state index contributed by atoms with van der Waals surface area (Å²) < 4.78 is 30.0. The van der Waals surface area contributed by atoms with E-state index in [1.165, 1.54) is 0 Å². The summed E-state index contributed by atoms with van der Waals surface area (Å²) in [4.78, 5) is 0.275. The van der Waals surface area contributed by atoms with Gasteiger partial charge < -0.3 is 0 Å². The van der Waals surface area contributed by atoms with E-state index in [9.17, 15) is 8.42 Å². The van der Waals surface area contributed by atoms with Gasteiger partial charge in [-0.2, -0.15) is 5.10 Å². The molecule has 1 aliphatic rings. The average molecular weight is 367 g/mol. The van der Waals surface area contributed by atoms with Crippen molar-refractivity contribution in [1.82, 2.24) is 9.78 Å². The first kappa shape index (κ1) is 16.8. The van der Waals surface area contributed by atoms with Gasteiger partial charge in [-0.1, -0.05) is 48.5 Å². The molecule has 0 saturated heterocycles. The van der Waals surface area contributed by atoms with Crippen LogP contribution in [0.25, 0.3) is 0 Å². The number of aromatic nitrogens is 2. The molecular weight excluding hydrogens is 346 g/mol. The van der Waals surface area contributed by atoms with Crippen LogP contribution in [0.15, 0.2) is 65.7 Å². The highest BCUT2D eigenvalue weighted by Gasteiger charge is 2.37. The molecule has 0 amide bonds. The Hall–Kier alpha value is -2.60. The summed E-state index contributed by atoms with van der Waals surface area (Å²) in [6.45, 7) is 4.24. The molecule has 0 aliphatic carbocycles. The molecule has 0 N–H and O–H groups in total. The number of sulfonamides is 1. The van der Waals surface area contributed by atoms with Crippen molar-refractivity contribution in [1.29, 1.82) is 0 Å². The molecule has 2 heterocycles. The maximum Gasteiger partial charge on any atom is 0.267 e. The van der Waals surface area contributed by atoms with Gasteiger partial charge in [0, 0.05) is 12.2 Å². The summed E-state index contributed by atoms with van der Waals surface area (Å²) in [7, 11) is -3.65. The zero-order valence-corrected chi connectivity index (χ0v) is 15.6. The van der Waals surface area contributed by atoms with E-state index in [2.05, 4.69) is 5.10 Å². The van der Waals surface area contributed by atoms with Crippen molar-refractivity contribution in [3.63, 3.8) is 0 Å². The third-order valence-electron chi connectivity index (χ3n) is 4.77. The molecule has 1 unspecified atom stereocenters. The normalized spacial score (nSPS) is 16.7. The van der Waals surface area contributed by atoms with Crippen molar-refractivity contribution in [3.8, 4) is 0 Å². The van der Waals surface area contributed by atoms with Crippen LogP contribution in [-0.2, 0) is 23.0 Å². The number of nitrogens with zero attached hydrogens (tertiary/aromatic N) is 3. The van der Waals surface area contributed by atoms with Gasteiger partial charge in [-0.15, -0.1) is 0 Å². The Labute approximate surface area is 153 Å². The standard InChI is InChI=1S/C20H21N3O2S/c1-15-12-18-10-6-7-11-19(18)23(15)26(24,25)20-14-22(21-16(20)2)13-17-8-4-3-5-9-17/h3-11,14-15H,12-13H2,1-2H3. The Morgan fingerprint density at radius 1 is 1.08 bits per heavy atom. The maximum atomic E-state index is 13.4. The molecule has 4 rings (SSSR count). The topological polar surface area (TPSA) is 55.2 Å². The first-order valence-electron chi connectivity index (χ1n) is 8.67. The number of anilines is 1. The van der Waals surface area contributed by atoms with Crippen LogP contribution in [0.2, 0.25) is 0 Å². The molecule has 0 spiro atoms. The highest BCUT2D eigenvalue weighted by Crippen LogP contribution is 2.37. The van der Waals surface area contributed by atoms with Crippen LogP contribution in [0, 0.1) is 6.92 Å². The van der Waals surface area contributed by atoms with Crippen LogP contribution in [0.1, 0.15) is 23.7 Å². The zero-order valence-electron chi connectivity index (χ0n) is 14.8. The highest BCUT2D eigenvalue weighted by atomic mass is 32.2. The molecule has 0 saturated carbocycles. The summed E-state index contributed by atoms with van der Waals surface area (Å²) >= 11 is 0. The van der Waals surface area contributed by atoms with Crippen LogP contribution in [-0.4, -0.2) is 24.2 Å². The minimum absolute atomic E-state index is 0.103. The fraction of sp³-hybridized carbons (Fsp3) is 0.250. The van der Waals surface area contributed by atoms with Crippen molar-refractivity contribution < 1.29 is 8.42 Å². The van der Waals surface area contributed by atoms with E-state index < -0.39 is 10.0 Å². The van der Waals surface area contributed by atoms with E-state index in [1.54, 1.807) is 22.1 Å². The SMILES string of the molecule is Cc1nn(Cc2ccccc2)cc1S(=O)(=O)N1c2ccccc2CC1C. The summed E-state index contributed by atoms with van der Waals surface area (Å²) in [5.41, 5.74) is 3.45. The fourth-order valence-electron chi connectivity index (χ4n) is 3.61. The van der Waals surface area contributed by atoms with Gasteiger partial charge in [-0.05, 0) is 37.5 Å². The molecule has 26 heavy (non-hydrogen) atoms. The van der Waals surface area contributed by atoms with Crippen LogP contribution < -0.4 is 4.31 Å². The highest BCUT2D eigenvalue weighted by molar-refractivity contribution is 7.93. The number of hydrogen-bond donors (Lipinski definition) is 0. The molecule has 0 fully saturated rings. The van der Waals surface area contributed by atoms with Crippen molar-refractivity contribution in [2.75, 3.05) is 4.31 Å². The molecule has 1 aliphatic heterocycles. The zero-order chi connectivity index (χ0) is 18.3. The molecule has 0 radical (unpaired) electrons. The Balaban J connectivity index is 1.71. The number of benzene rings is 2. The van der Waals surface area contributed by atoms with Crippen LogP contribution in [0.3, 0.4) is 0 Å². The number of aryl methyl sites for hydroxylation is 1. The molecule has 3 aromatic rings. The van der Waals surface area contributed by atoms with Gasteiger partial charge in [0.05, 0.1) is 17.9 Å².